The summed E-state index contributed by atoms with van der Waals surface area (Å²) in [5.74, 6) is 0.374. The molecule has 4 heteroatoms. The first-order valence-electron chi connectivity index (χ1n) is 7.19. The molecule has 2 rings (SSSR count). The van der Waals surface area contributed by atoms with E-state index in [4.69, 9.17) is 0 Å². The predicted molar refractivity (Wildman–Crippen MR) is 75.5 cm³/mol. The van der Waals surface area contributed by atoms with Crippen LogP contribution < -0.4 is 10.9 Å². The van der Waals surface area contributed by atoms with Crippen molar-refractivity contribution in [2.45, 2.75) is 46.0 Å². The summed E-state index contributed by atoms with van der Waals surface area (Å²) >= 11 is 0. The fourth-order valence-corrected chi connectivity index (χ4v) is 2.22. The minimum atomic E-state index is -0.269. The van der Waals surface area contributed by atoms with Gasteiger partial charge in [0.05, 0.1) is 0 Å². The van der Waals surface area contributed by atoms with E-state index in [-0.39, 0.29) is 17.0 Å². The fourth-order valence-electron chi connectivity index (χ4n) is 2.22. The maximum Gasteiger partial charge on any atom is 0.261 e. The molecule has 1 amide bonds. The Morgan fingerprint density at radius 1 is 1.42 bits per heavy atom. The second kappa shape index (κ2) is 6.04. The van der Waals surface area contributed by atoms with Gasteiger partial charge in [0, 0.05) is 12.2 Å². The molecule has 0 saturated heterocycles. The van der Waals surface area contributed by atoms with Gasteiger partial charge in [0.2, 0.25) is 0 Å². The lowest BCUT2D eigenvalue weighted by molar-refractivity contribution is 0.0950. The Morgan fingerprint density at radius 2 is 2.16 bits per heavy atom. The smallest absolute Gasteiger partial charge is 0.261 e. The standard InChI is InChI=1S/C15H22N2O2/c1-3-5-13-11(4-2)8-12(15(19)17-13)14(18)16-9-10-6-7-10/h8,10H,3-7,9H2,1-2H3,(H,16,18)(H,17,19). The summed E-state index contributed by atoms with van der Waals surface area (Å²) in [4.78, 5) is 26.8. The van der Waals surface area contributed by atoms with Gasteiger partial charge < -0.3 is 10.3 Å². The summed E-state index contributed by atoms with van der Waals surface area (Å²) in [6, 6.07) is 1.76. The number of carbonyl (C=O) groups excluding carboxylic acids is 1. The van der Waals surface area contributed by atoms with E-state index < -0.39 is 0 Å². The van der Waals surface area contributed by atoms with Crippen molar-refractivity contribution in [2.75, 3.05) is 6.54 Å². The number of hydrogen-bond donors (Lipinski definition) is 2. The highest BCUT2D eigenvalue weighted by molar-refractivity contribution is 5.94. The molecule has 1 aromatic rings. The lowest BCUT2D eigenvalue weighted by atomic mass is 10.0. The normalized spacial score (nSPS) is 14.4. The highest BCUT2D eigenvalue weighted by Gasteiger charge is 2.22. The highest BCUT2D eigenvalue weighted by Crippen LogP contribution is 2.27. The number of H-pyrrole nitrogens is 1. The highest BCUT2D eigenvalue weighted by atomic mass is 16.2. The molecular weight excluding hydrogens is 240 g/mol. The molecule has 0 aromatic carbocycles. The lowest BCUT2D eigenvalue weighted by Gasteiger charge is -2.09. The summed E-state index contributed by atoms with van der Waals surface area (Å²) < 4.78 is 0. The Kier molecular flexibility index (Phi) is 4.40. The van der Waals surface area contributed by atoms with E-state index in [1.807, 2.05) is 6.92 Å². The van der Waals surface area contributed by atoms with Crippen molar-refractivity contribution in [3.8, 4) is 0 Å². The number of aromatic nitrogens is 1. The summed E-state index contributed by atoms with van der Waals surface area (Å²) in [6.07, 6.45) is 5.03. The molecule has 1 heterocycles. The van der Waals surface area contributed by atoms with Crippen LogP contribution in [0, 0.1) is 5.92 Å². The molecule has 4 nitrogen and oxygen atoms in total. The van der Waals surface area contributed by atoms with E-state index >= 15 is 0 Å². The Bertz CT molecular complexity index is 515. The summed E-state index contributed by atoms with van der Waals surface area (Å²) in [5, 5.41) is 2.85. The van der Waals surface area contributed by atoms with Gasteiger partial charge in [0.25, 0.3) is 11.5 Å². The molecule has 0 bridgehead atoms. The van der Waals surface area contributed by atoms with Gasteiger partial charge in [-0.2, -0.15) is 0 Å². The topological polar surface area (TPSA) is 62.0 Å². The maximum absolute atomic E-state index is 12.0. The van der Waals surface area contributed by atoms with Crippen LogP contribution >= 0.6 is 0 Å². The molecule has 1 saturated carbocycles. The van der Waals surface area contributed by atoms with Gasteiger partial charge >= 0.3 is 0 Å². The quantitative estimate of drug-likeness (QED) is 0.824. The summed E-state index contributed by atoms with van der Waals surface area (Å²) in [5.41, 5.74) is 2.01. The van der Waals surface area contributed by atoms with E-state index in [0.29, 0.717) is 12.5 Å². The summed E-state index contributed by atoms with van der Waals surface area (Å²) in [6.45, 7) is 4.81. The number of rotatable bonds is 6. The molecule has 0 aliphatic heterocycles. The zero-order valence-corrected chi connectivity index (χ0v) is 11.7. The zero-order chi connectivity index (χ0) is 13.8. The van der Waals surface area contributed by atoms with Crippen LogP contribution in [0.15, 0.2) is 10.9 Å². The first-order valence-corrected chi connectivity index (χ1v) is 7.19. The van der Waals surface area contributed by atoms with Crippen LogP contribution in [0.5, 0.6) is 0 Å². The van der Waals surface area contributed by atoms with Crippen LogP contribution in [-0.4, -0.2) is 17.4 Å². The van der Waals surface area contributed by atoms with Crippen molar-refractivity contribution in [3.05, 3.63) is 33.2 Å². The van der Waals surface area contributed by atoms with Gasteiger partial charge in [-0.15, -0.1) is 0 Å². The van der Waals surface area contributed by atoms with Crippen LogP contribution in [0.2, 0.25) is 0 Å². The van der Waals surface area contributed by atoms with Gasteiger partial charge in [0.1, 0.15) is 5.56 Å². The molecule has 1 fully saturated rings. The van der Waals surface area contributed by atoms with Gasteiger partial charge in [-0.1, -0.05) is 20.3 Å². The second-order valence-corrected chi connectivity index (χ2v) is 5.27. The molecule has 0 radical (unpaired) electrons. The van der Waals surface area contributed by atoms with Gasteiger partial charge in [-0.25, -0.2) is 0 Å². The number of aromatic amines is 1. The maximum atomic E-state index is 12.0. The fraction of sp³-hybridized carbons (Fsp3) is 0.600. The van der Waals surface area contributed by atoms with Crippen molar-refractivity contribution in [3.63, 3.8) is 0 Å². The van der Waals surface area contributed by atoms with Crippen molar-refractivity contribution >= 4 is 5.91 Å². The number of aryl methyl sites for hydroxylation is 2. The van der Waals surface area contributed by atoms with Crippen LogP contribution in [0.25, 0.3) is 0 Å². The summed E-state index contributed by atoms with van der Waals surface area (Å²) in [7, 11) is 0. The predicted octanol–water partition coefficient (Wildman–Crippen LogP) is 2.03. The number of pyridine rings is 1. The first kappa shape index (κ1) is 13.8. The van der Waals surface area contributed by atoms with Gasteiger partial charge in [0.15, 0.2) is 0 Å². The monoisotopic (exact) mass is 262 g/mol. The third-order valence-corrected chi connectivity index (χ3v) is 3.59. The van der Waals surface area contributed by atoms with E-state index in [9.17, 15) is 9.59 Å². The third kappa shape index (κ3) is 3.46. The van der Waals surface area contributed by atoms with Gasteiger partial charge in [-0.05, 0) is 43.2 Å². The Labute approximate surface area is 113 Å². The number of nitrogens with one attached hydrogen (secondary N) is 2. The van der Waals surface area contributed by atoms with Crippen molar-refractivity contribution < 1.29 is 4.79 Å². The van der Waals surface area contributed by atoms with Crippen molar-refractivity contribution in [1.82, 2.24) is 10.3 Å². The average molecular weight is 262 g/mol. The van der Waals surface area contributed by atoms with E-state index in [0.717, 1.165) is 30.5 Å². The van der Waals surface area contributed by atoms with E-state index in [1.165, 1.54) is 12.8 Å². The van der Waals surface area contributed by atoms with Gasteiger partial charge in [-0.3, -0.25) is 9.59 Å². The molecule has 2 N–H and O–H groups in total. The van der Waals surface area contributed by atoms with E-state index in [2.05, 4.69) is 17.2 Å². The molecule has 1 aliphatic rings. The Hall–Kier alpha value is -1.58. The Morgan fingerprint density at radius 3 is 2.74 bits per heavy atom. The minimum absolute atomic E-state index is 0.245. The SMILES string of the molecule is CCCc1[nH]c(=O)c(C(=O)NCC2CC2)cc1CC. The molecule has 1 aliphatic carbocycles. The average Bonchev–Trinajstić information content (AvgIpc) is 3.20. The zero-order valence-electron chi connectivity index (χ0n) is 11.7. The molecule has 0 unspecified atom stereocenters. The number of carbonyl (C=O) groups is 1. The molecule has 0 spiro atoms. The van der Waals surface area contributed by atoms with Crippen molar-refractivity contribution in [2.24, 2.45) is 5.92 Å². The lowest BCUT2D eigenvalue weighted by Crippen LogP contribution is -2.31. The first-order chi connectivity index (χ1) is 9.15. The third-order valence-electron chi connectivity index (χ3n) is 3.59. The number of amides is 1. The Balaban J connectivity index is 2.18. The largest absolute Gasteiger partial charge is 0.352 e. The van der Waals surface area contributed by atoms with Crippen LogP contribution in [0.1, 0.15) is 54.7 Å². The molecule has 1 aromatic heterocycles. The van der Waals surface area contributed by atoms with E-state index in [1.54, 1.807) is 6.07 Å². The minimum Gasteiger partial charge on any atom is -0.352 e. The molecule has 0 atom stereocenters. The van der Waals surface area contributed by atoms with Crippen molar-refractivity contribution in [1.29, 1.82) is 0 Å². The number of hydrogen-bond acceptors (Lipinski definition) is 2. The second-order valence-electron chi connectivity index (χ2n) is 5.27. The van der Waals surface area contributed by atoms with Crippen LogP contribution in [0.4, 0.5) is 0 Å². The van der Waals surface area contributed by atoms with Crippen LogP contribution in [0.3, 0.4) is 0 Å². The molecule has 19 heavy (non-hydrogen) atoms. The van der Waals surface area contributed by atoms with Crippen LogP contribution in [-0.2, 0) is 12.8 Å². The molecular formula is C15H22N2O2. The molecule has 104 valence electrons.